The van der Waals surface area contributed by atoms with Crippen LogP contribution in [-0.2, 0) is 13.1 Å². The number of piperidine rings is 1. The molecule has 3 aromatic rings. The first-order valence-corrected chi connectivity index (χ1v) is 9.83. The van der Waals surface area contributed by atoms with Crippen molar-refractivity contribution in [3.63, 3.8) is 0 Å². The number of thiazole rings is 1. The summed E-state index contributed by atoms with van der Waals surface area (Å²) >= 11 is 1.68. The second-order valence-corrected chi connectivity index (χ2v) is 7.97. The molecule has 0 N–H and O–H groups in total. The molecular weight excluding hydrogens is 334 g/mol. The highest BCUT2D eigenvalue weighted by Crippen LogP contribution is 2.30. The smallest absolute Gasteiger partial charge is 0.139 e. The van der Waals surface area contributed by atoms with Gasteiger partial charge >= 0.3 is 0 Å². The Hall–Kier alpha value is -1.83. The van der Waals surface area contributed by atoms with Crippen LogP contribution in [0.5, 0.6) is 0 Å². The van der Waals surface area contributed by atoms with Crippen molar-refractivity contribution in [2.45, 2.75) is 32.0 Å². The number of hydrogen-bond acceptors (Lipinski definition) is 7. The molecule has 2 bridgehead atoms. The van der Waals surface area contributed by atoms with E-state index in [1.807, 2.05) is 17.6 Å². The van der Waals surface area contributed by atoms with Gasteiger partial charge in [-0.3, -0.25) is 9.80 Å². The quantitative estimate of drug-likeness (QED) is 0.717. The average molecular weight is 355 g/mol. The van der Waals surface area contributed by atoms with Gasteiger partial charge < -0.3 is 0 Å². The van der Waals surface area contributed by atoms with E-state index in [2.05, 4.69) is 36.5 Å². The summed E-state index contributed by atoms with van der Waals surface area (Å²) in [6.45, 7) is 5.38. The molecule has 0 aliphatic carbocycles. The maximum absolute atomic E-state index is 4.92. The fourth-order valence-corrected chi connectivity index (χ4v) is 4.90. The first kappa shape index (κ1) is 15.4. The minimum atomic E-state index is 0.604. The van der Waals surface area contributed by atoms with E-state index in [0.29, 0.717) is 6.04 Å². The summed E-state index contributed by atoms with van der Waals surface area (Å²) in [5.74, 6) is 0.743. The summed E-state index contributed by atoms with van der Waals surface area (Å²) in [5.41, 5.74) is 6.11. The first-order valence-electron chi connectivity index (χ1n) is 8.89. The monoisotopic (exact) mass is 355 g/mol. The van der Waals surface area contributed by atoms with Gasteiger partial charge in [-0.15, -0.1) is 11.3 Å². The predicted molar refractivity (Wildman–Crippen MR) is 96.1 cm³/mol. The van der Waals surface area contributed by atoms with Crippen molar-refractivity contribution in [3.05, 3.63) is 40.3 Å². The molecule has 6 nitrogen and oxygen atoms in total. The van der Waals surface area contributed by atoms with Gasteiger partial charge in [-0.2, -0.15) is 0 Å². The molecule has 6 rings (SSSR count). The normalized spacial score (nSPS) is 24.8. The molecular formula is C18H21N5OS. The lowest BCUT2D eigenvalue weighted by atomic mass is 9.94. The molecule has 7 heteroatoms. The van der Waals surface area contributed by atoms with Gasteiger partial charge in [-0.05, 0) is 40.7 Å². The number of aromatic nitrogens is 3. The average Bonchev–Trinajstić information content (AvgIpc) is 3.22. The van der Waals surface area contributed by atoms with Crippen molar-refractivity contribution in [1.29, 1.82) is 0 Å². The van der Waals surface area contributed by atoms with Gasteiger partial charge in [0.2, 0.25) is 0 Å². The Morgan fingerprint density at radius 3 is 3.04 bits per heavy atom. The van der Waals surface area contributed by atoms with Crippen LogP contribution >= 0.6 is 11.3 Å². The summed E-state index contributed by atoms with van der Waals surface area (Å²) in [5, 5.41) is 10.2. The molecule has 0 radical (unpaired) electrons. The van der Waals surface area contributed by atoms with Crippen LogP contribution in [0.25, 0.3) is 11.0 Å². The van der Waals surface area contributed by atoms with Gasteiger partial charge in [0.15, 0.2) is 0 Å². The van der Waals surface area contributed by atoms with E-state index < -0.39 is 0 Å². The Morgan fingerprint density at radius 1 is 1.12 bits per heavy atom. The summed E-state index contributed by atoms with van der Waals surface area (Å²) in [6.07, 6.45) is 2.62. The highest BCUT2D eigenvalue weighted by Gasteiger charge is 2.35. The molecule has 25 heavy (non-hydrogen) atoms. The van der Waals surface area contributed by atoms with E-state index in [0.717, 1.165) is 36.6 Å². The van der Waals surface area contributed by atoms with Crippen LogP contribution in [0.1, 0.15) is 24.1 Å². The lowest BCUT2D eigenvalue weighted by Crippen LogP contribution is -2.43. The van der Waals surface area contributed by atoms with Gasteiger partial charge in [0.1, 0.15) is 11.0 Å². The third kappa shape index (κ3) is 3.07. The van der Waals surface area contributed by atoms with E-state index in [-0.39, 0.29) is 0 Å². The zero-order chi connectivity index (χ0) is 16.6. The van der Waals surface area contributed by atoms with Crippen LogP contribution in [0.2, 0.25) is 0 Å². The van der Waals surface area contributed by atoms with Crippen molar-refractivity contribution in [2.75, 3.05) is 19.6 Å². The summed E-state index contributed by atoms with van der Waals surface area (Å²) in [4.78, 5) is 9.69. The van der Waals surface area contributed by atoms with Crippen molar-refractivity contribution < 1.29 is 4.63 Å². The fourth-order valence-electron chi connectivity index (χ4n) is 4.35. The SMILES string of the molecule is c1cc(CN2C[C@@H]3CC[C@H]2CN(Cc2cscn2)C3)c2nonc2c1. The molecule has 0 saturated carbocycles. The molecule has 3 saturated heterocycles. The third-order valence-electron chi connectivity index (χ3n) is 5.51. The van der Waals surface area contributed by atoms with E-state index in [1.165, 1.54) is 37.2 Å². The summed E-state index contributed by atoms with van der Waals surface area (Å²) < 4.78 is 4.92. The first-order chi connectivity index (χ1) is 12.3. The number of rotatable bonds is 4. The number of hydrogen-bond donors (Lipinski definition) is 0. The number of fused-ring (bicyclic) bond motifs is 5. The lowest BCUT2D eigenvalue weighted by molar-refractivity contribution is 0.123. The van der Waals surface area contributed by atoms with Crippen molar-refractivity contribution in [1.82, 2.24) is 25.1 Å². The molecule has 0 unspecified atom stereocenters. The number of benzene rings is 1. The topological polar surface area (TPSA) is 58.3 Å². The van der Waals surface area contributed by atoms with Crippen LogP contribution in [0.4, 0.5) is 0 Å². The molecule has 3 fully saturated rings. The maximum Gasteiger partial charge on any atom is 0.139 e. The van der Waals surface area contributed by atoms with E-state index in [4.69, 9.17) is 4.63 Å². The molecule has 5 heterocycles. The van der Waals surface area contributed by atoms with Crippen LogP contribution in [-0.4, -0.2) is 50.8 Å². The Kier molecular flexibility index (Phi) is 4.00. The standard InChI is InChI=1S/C18H21N5OS/c1-2-14(18-17(3-1)20-24-21-18)8-23-7-13-4-5-16(23)10-22(6-13)9-15-11-25-12-19-15/h1-3,11-13,16H,4-10H2/t13-,16+/m1/s1. The van der Waals surface area contributed by atoms with Crippen LogP contribution < -0.4 is 0 Å². The van der Waals surface area contributed by atoms with Crippen molar-refractivity contribution in [2.24, 2.45) is 5.92 Å². The van der Waals surface area contributed by atoms with Gasteiger partial charge in [0.25, 0.3) is 0 Å². The zero-order valence-corrected chi connectivity index (χ0v) is 14.9. The predicted octanol–water partition coefficient (Wildman–Crippen LogP) is 2.78. The molecule has 0 spiro atoms. The minimum Gasteiger partial charge on any atom is -0.296 e. The van der Waals surface area contributed by atoms with Gasteiger partial charge in [0.05, 0.1) is 11.2 Å². The van der Waals surface area contributed by atoms with Crippen LogP contribution in [0.15, 0.2) is 33.7 Å². The molecule has 2 aromatic heterocycles. The second kappa shape index (κ2) is 6.48. The number of nitrogens with zero attached hydrogens (tertiary/aromatic N) is 5. The third-order valence-corrected chi connectivity index (χ3v) is 6.15. The van der Waals surface area contributed by atoms with E-state index >= 15 is 0 Å². The largest absolute Gasteiger partial charge is 0.296 e. The van der Waals surface area contributed by atoms with Crippen LogP contribution in [0.3, 0.4) is 0 Å². The Bertz CT molecular complexity index is 848. The zero-order valence-electron chi connectivity index (χ0n) is 14.0. The molecule has 0 amide bonds. The Morgan fingerprint density at radius 2 is 2.12 bits per heavy atom. The Balaban J connectivity index is 1.34. The lowest BCUT2D eigenvalue weighted by Gasteiger charge is -2.36. The van der Waals surface area contributed by atoms with Crippen molar-refractivity contribution >= 4 is 22.4 Å². The summed E-state index contributed by atoms with van der Waals surface area (Å²) in [6, 6.07) is 6.76. The summed E-state index contributed by atoms with van der Waals surface area (Å²) in [7, 11) is 0. The highest BCUT2D eigenvalue weighted by atomic mass is 32.1. The van der Waals surface area contributed by atoms with Gasteiger partial charge in [0, 0.05) is 44.1 Å². The van der Waals surface area contributed by atoms with Gasteiger partial charge in [-0.25, -0.2) is 9.61 Å². The van der Waals surface area contributed by atoms with Crippen LogP contribution in [0, 0.1) is 5.92 Å². The molecule has 3 aliphatic heterocycles. The van der Waals surface area contributed by atoms with Gasteiger partial charge in [-0.1, -0.05) is 12.1 Å². The maximum atomic E-state index is 4.92. The Labute approximate surface area is 150 Å². The van der Waals surface area contributed by atoms with E-state index in [9.17, 15) is 0 Å². The molecule has 130 valence electrons. The highest BCUT2D eigenvalue weighted by molar-refractivity contribution is 7.07. The molecule has 3 aliphatic rings. The van der Waals surface area contributed by atoms with Crippen molar-refractivity contribution in [3.8, 4) is 0 Å². The molecule has 2 atom stereocenters. The van der Waals surface area contributed by atoms with E-state index in [1.54, 1.807) is 11.3 Å². The second-order valence-electron chi connectivity index (χ2n) is 7.25. The molecule has 1 aromatic carbocycles. The fraction of sp³-hybridized carbons (Fsp3) is 0.500. The minimum absolute atomic E-state index is 0.604.